The number of benzene rings is 1. The lowest BCUT2D eigenvalue weighted by molar-refractivity contribution is -0.384. The average Bonchev–Trinajstić information content (AvgIpc) is 2.47. The van der Waals surface area contributed by atoms with Gasteiger partial charge >= 0.3 is 5.69 Å². The van der Waals surface area contributed by atoms with E-state index in [0.29, 0.717) is 5.95 Å². The molecule has 0 aliphatic carbocycles. The molecule has 1 heterocycles. The van der Waals surface area contributed by atoms with Crippen LogP contribution in [-0.4, -0.2) is 21.9 Å². The summed E-state index contributed by atoms with van der Waals surface area (Å²) in [5, 5.41) is 16.9. The molecule has 0 aliphatic heterocycles. The number of aromatic nitrogens is 2. The number of hydrogen-bond donors (Lipinski definition) is 2. The molecule has 0 fully saturated rings. The predicted molar refractivity (Wildman–Crippen MR) is 81.4 cm³/mol. The normalized spacial score (nSPS) is 11.8. The highest BCUT2D eigenvalue weighted by Crippen LogP contribution is 2.27. The Morgan fingerprint density at radius 3 is 2.67 bits per heavy atom. The molecule has 2 rings (SSSR count). The Bertz CT molecular complexity index is 660. The first-order chi connectivity index (χ1) is 10.0. The number of anilines is 2. The minimum Gasteiger partial charge on any atom is -0.358 e. The number of nitrogens with zero attached hydrogens (tertiary/aromatic N) is 3. The van der Waals surface area contributed by atoms with Gasteiger partial charge in [0, 0.05) is 7.05 Å². The Morgan fingerprint density at radius 2 is 2.05 bits per heavy atom. The van der Waals surface area contributed by atoms with E-state index < -0.39 is 4.92 Å². The van der Waals surface area contributed by atoms with Crippen LogP contribution < -0.4 is 10.6 Å². The van der Waals surface area contributed by atoms with Gasteiger partial charge in [-0.1, -0.05) is 24.3 Å². The van der Waals surface area contributed by atoms with Crippen molar-refractivity contribution in [2.75, 3.05) is 17.7 Å². The summed E-state index contributed by atoms with van der Waals surface area (Å²) < 4.78 is 0. The maximum Gasteiger partial charge on any atom is 0.329 e. The van der Waals surface area contributed by atoms with E-state index in [-0.39, 0.29) is 17.5 Å². The highest BCUT2D eigenvalue weighted by Gasteiger charge is 2.19. The third-order valence-electron chi connectivity index (χ3n) is 3.20. The molecule has 7 heteroatoms. The van der Waals surface area contributed by atoms with Gasteiger partial charge < -0.3 is 10.6 Å². The molecule has 1 unspecified atom stereocenters. The van der Waals surface area contributed by atoms with Crippen LogP contribution >= 0.6 is 0 Å². The van der Waals surface area contributed by atoms with Crippen LogP contribution in [0.25, 0.3) is 0 Å². The third kappa shape index (κ3) is 3.25. The van der Waals surface area contributed by atoms with Crippen molar-refractivity contribution in [2.45, 2.75) is 19.9 Å². The fraction of sp³-hybridized carbons (Fsp3) is 0.286. The molecule has 21 heavy (non-hydrogen) atoms. The smallest absolute Gasteiger partial charge is 0.329 e. The summed E-state index contributed by atoms with van der Waals surface area (Å²) in [6, 6.07) is 7.77. The first kappa shape index (κ1) is 14.7. The minimum absolute atomic E-state index is 0.107. The van der Waals surface area contributed by atoms with Gasteiger partial charge in [-0.15, -0.1) is 0 Å². The Balaban J connectivity index is 2.34. The van der Waals surface area contributed by atoms with Gasteiger partial charge in [0.2, 0.25) is 11.8 Å². The molecule has 0 saturated heterocycles. The number of nitro groups is 1. The first-order valence-corrected chi connectivity index (χ1v) is 6.54. The van der Waals surface area contributed by atoms with Crippen molar-refractivity contribution >= 4 is 17.5 Å². The number of hydrogen-bond acceptors (Lipinski definition) is 6. The molecular weight excluding hydrogens is 270 g/mol. The zero-order chi connectivity index (χ0) is 15.4. The van der Waals surface area contributed by atoms with Gasteiger partial charge in [0.05, 0.1) is 11.0 Å². The van der Waals surface area contributed by atoms with Crippen molar-refractivity contribution in [3.8, 4) is 0 Å². The predicted octanol–water partition coefficient (Wildman–Crippen LogP) is 2.91. The lowest BCUT2D eigenvalue weighted by atomic mass is 10.0. The second kappa shape index (κ2) is 6.17. The fourth-order valence-electron chi connectivity index (χ4n) is 2.09. The van der Waals surface area contributed by atoms with Crippen LogP contribution in [0.15, 0.2) is 30.5 Å². The molecule has 110 valence electrons. The standard InChI is InChI=1S/C14H17N5O2/c1-9-6-4-5-7-11(9)10(2)17-13-12(19(20)21)8-16-14(15-3)18-13/h4-8,10H,1-3H3,(H2,15,16,17,18). The monoisotopic (exact) mass is 287 g/mol. The molecule has 7 nitrogen and oxygen atoms in total. The highest BCUT2D eigenvalue weighted by atomic mass is 16.6. The highest BCUT2D eigenvalue weighted by molar-refractivity contribution is 5.58. The zero-order valence-corrected chi connectivity index (χ0v) is 12.1. The molecule has 0 bridgehead atoms. The molecule has 0 aliphatic rings. The van der Waals surface area contributed by atoms with Gasteiger partial charge in [-0.25, -0.2) is 4.98 Å². The molecule has 0 radical (unpaired) electrons. The van der Waals surface area contributed by atoms with Crippen molar-refractivity contribution in [1.29, 1.82) is 0 Å². The third-order valence-corrected chi connectivity index (χ3v) is 3.20. The van der Waals surface area contributed by atoms with Gasteiger partial charge in [-0.3, -0.25) is 10.1 Å². The van der Waals surface area contributed by atoms with Crippen molar-refractivity contribution < 1.29 is 4.92 Å². The van der Waals surface area contributed by atoms with Crippen molar-refractivity contribution in [2.24, 2.45) is 0 Å². The van der Waals surface area contributed by atoms with Crippen LogP contribution in [-0.2, 0) is 0 Å². The Morgan fingerprint density at radius 1 is 1.33 bits per heavy atom. The lowest BCUT2D eigenvalue weighted by Crippen LogP contribution is -2.12. The second-order valence-electron chi connectivity index (χ2n) is 4.66. The lowest BCUT2D eigenvalue weighted by Gasteiger charge is -2.17. The molecule has 0 saturated carbocycles. The van der Waals surface area contributed by atoms with Crippen molar-refractivity contribution in [3.63, 3.8) is 0 Å². The van der Waals surface area contributed by atoms with E-state index in [2.05, 4.69) is 20.6 Å². The Labute approximate surface area is 122 Å². The van der Waals surface area contributed by atoms with Crippen LogP contribution in [0, 0.1) is 17.0 Å². The molecule has 2 N–H and O–H groups in total. The first-order valence-electron chi connectivity index (χ1n) is 6.54. The van der Waals surface area contributed by atoms with Gasteiger partial charge in [0.15, 0.2) is 0 Å². The van der Waals surface area contributed by atoms with Gasteiger partial charge in [-0.05, 0) is 25.0 Å². The molecule has 0 amide bonds. The number of rotatable bonds is 5. The van der Waals surface area contributed by atoms with E-state index in [4.69, 9.17) is 0 Å². The summed E-state index contributed by atoms with van der Waals surface area (Å²) in [5.41, 5.74) is 2.04. The van der Waals surface area contributed by atoms with Gasteiger partial charge in [0.1, 0.15) is 6.20 Å². The summed E-state index contributed by atoms with van der Waals surface area (Å²) in [5.74, 6) is 0.537. The maximum atomic E-state index is 11.1. The summed E-state index contributed by atoms with van der Waals surface area (Å²) in [6.07, 6.45) is 1.20. The van der Waals surface area contributed by atoms with E-state index in [9.17, 15) is 10.1 Å². The van der Waals surface area contributed by atoms with Gasteiger partial charge in [-0.2, -0.15) is 4.98 Å². The van der Waals surface area contributed by atoms with E-state index >= 15 is 0 Å². The van der Waals surface area contributed by atoms with E-state index in [0.717, 1.165) is 11.1 Å². The summed E-state index contributed by atoms with van der Waals surface area (Å²) in [4.78, 5) is 18.6. The van der Waals surface area contributed by atoms with E-state index in [1.165, 1.54) is 6.20 Å². The topological polar surface area (TPSA) is 93.0 Å². The molecule has 1 aromatic heterocycles. The van der Waals surface area contributed by atoms with Crippen molar-refractivity contribution in [3.05, 3.63) is 51.7 Å². The molecule has 1 aromatic carbocycles. The molecule has 2 aromatic rings. The van der Waals surface area contributed by atoms with Crippen LogP contribution in [0.2, 0.25) is 0 Å². The fourth-order valence-corrected chi connectivity index (χ4v) is 2.09. The van der Waals surface area contributed by atoms with Crippen LogP contribution in [0.4, 0.5) is 17.5 Å². The van der Waals surface area contributed by atoms with E-state index in [1.54, 1.807) is 7.05 Å². The van der Waals surface area contributed by atoms with Crippen molar-refractivity contribution in [1.82, 2.24) is 9.97 Å². The summed E-state index contributed by atoms with van der Waals surface area (Å²) in [6.45, 7) is 3.94. The minimum atomic E-state index is -0.494. The second-order valence-corrected chi connectivity index (χ2v) is 4.66. The van der Waals surface area contributed by atoms with Gasteiger partial charge in [0.25, 0.3) is 0 Å². The number of aryl methyl sites for hydroxylation is 1. The molecule has 1 atom stereocenters. The quantitative estimate of drug-likeness (QED) is 0.648. The Hall–Kier alpha value is -2.70. The molecular formula is C14H17N5O2. The maximum absolute atomic E-state index is 11.1. The Kier molecular flexibility index (Phi) is 4.32. The van der Waals surface area contributed by atoms with Crippen LogP contribution in [0.3, 0.4) is 0 Å². The molecule has 0 spiro atoms. The van der Waals surface area contributed by atoms with Crippen LogP contribution in [0.1, 0.15) is 24.1 Å². The zero-order valence-electron chi connectivity index (χ0n) is 12.1. The summed E-state index contributed by atoms with van der Waals surface area (Å²) >= 11 is 0. The van der Waals surface area contributed by atoms with E-state index in [1.807, 2.05) is 38.1 Å². The summed E-state index contributed by atoms with van der Waals surface area (Å²) in [7, 11) is 1.66. The SMILES string of the molecule is CNc1ncc([N+](=O)[O-])c(NC(C)c2ccccc2C)n1. The largest absolute Gasteiger partial charge is 0.358 e. The average molecular weight is 287 g/mol. The van der Waals surface area contributed by atoms with Crippen LogP contribution in [0.5, 0.6) is 0 Å². The number of nitrogens with one attached hydrogen (secondary N) is 2.